The molecule has 3 aromatic carbocycles. The third kappa shape index (κ3) is 5.59. The van der Waals surface area contributed by atoms with Crippen LogP contribution >= 0.6 is 0 Å². The first kappa shape index (κ1) is 22.6. The van der Waals surface area contributed by atoms with Crippen molar-refractivity contribution in [2.45, 2.75) is 12.5 Å². The molecule has 1 N–H and O–H groups in total. The molecule has 1 fully saturated rings. The maximum atomic E-state index is 13.2. The van der Waals surface area contributed by atoms with Gasteiger partial charge in [-0.2, -0.15) is 0 Å². The largest absolute Gasteiger partial charge is 0.491 e. The maximum Gasteiger partial charge on any atom is 0.254 e. The Kier molecular flexibility index (Phi) is 7.37. The van der Waals surface area contributed by atoms with Gasteiger partial charge in [-0.05, 0) is 41.0 Å². The number of amides is 2. The minimum Gasteiger partial charge on any atom is -0.491 e. The molecule has 1 atom stereocenters. The van der Waals surface area contributed by atoms with Gasteiger partial charge in [0.2, 0.25) is 5.91 Å². The van der Waals surface area contributed by atoms with E-state index in [0.717, 1.165) is 16.7 Å². The van der Waals surface area contributed by atoms with Crippen LogP contribution in [0.5, 0.6) is 5.75 Å². The van der Waals surface area contributed by atoms with E-state index in [1.54, 1.807) is 36.3 Å². The quantitative estimate of drug-likeness (QED) is 0.540. The van der Waals surface area contributed by atoms with Gasteiger partial charge in [-0.25, -0.2) is 0 Å². The molecule has 1 heterocycles. The lowest BCUT2D eigenvalue weighted by Crippen LogP contribution is -2.58. The lowest BCUT2D eigenvalue weighted by molar-refractivity contribution is -0.127. The molecule has 1 saturated heterocycles. The molecule has 0 aromatic heterocycles. The second kappa shape index (κ2) is 10.8. The first-order valence-corrected chi connectivity index (χ1v) is 11.1. The lowest BCUT2D eigenvalue weighted by Gasteiger charge is -2.35. The van der Waals surface area contributed by atoms with Crippen LogP contribution in [0.25, 0.3) is 11.1 Å². The van der Waals surface area contributed by atoms with Crippen LogP contribution in [0.15, 0.2) is 78.9 Å². The molecule has 6 nitrogen and oxygen atoms in total. The van der Waals surface area contributed by atoms with E-state index in [1.807, 2.05) is 30.3 Å². The minimum absolute atomic E-state index is 0.124. The summed E-state index contributed by atoms with van der Waals surface area (Å²) in [5.41, 5.74) is 3.81. The van der Waals surface area contributed by atoms with Gasteiger partial charge in [0.1, 0.15) is 18.4 Å². The zero-order valence-corrected chi connectivity index (χ0v) is 18.7. The van der Waals surface area contributed by atoms with Crippen molar-refractivity contribution in [1.29, 1.82) is 0 Å². The van der Waals surface area contributed by atoms with Crippen LogP contribution in [0.2, 0.25) is 0 Å². The Balaban J connectivity index is 1.46. The van der Waals surface area contributed by atoms with Crippen LogP contribution in [-0.4, -0.2) is 56.2 Å². The smallest absolute Gasteiger partial charge is 0.254 e. The highest BCUT2D eigenvalue weighted by molar-refractivity contribution is 5.98. The van der Waals surface area contributed by atoms with Crippen molar-refractivity contribution in [3.8, 4) is 16.9 Å². The number of carbonyl (C=O) groups excluding carboxylic acids is 2. The zero-order valence-electron chi connectivity index (χ0n) is 18.7. The number of hydrogen-bond donors (Lipinski definition) is 1. The molecule has 0 bridgehead atoms. The predicted octanol–water partition coefficient (Wildman–Crippen LogP) is 3.56. The molecule has 6 heteroatoms. The van der Waals surface area contributed by atoms with E-state index in [0.29, 0.717) is 44.0 Å². The Morgan fingerprint density at radius 3 is 2.33 bits per heavy atom. The molecule has 33 heavy (non-hydrogen) atoms. The van der Waals surface area contributed by atoms with E-state index in [2.05, 4.69) is 29.6 Å². The highest BCUT2D eigenvalue weighted by atomic mass is 16.5. The number of ether oxygens (including phenoxy) is 2. The first-order chi connectivity index (χ1) is 16.2. The fourth-order valence-corrected chi connectivity index (χ4v) is 3.95. The van der Waals surface area contributed by atoms with Gasteiger partial charge in [0.25, 0.3) is 5.91 Å². The van der Waals surface area contributed by atoms with E-state index >= 15 is 0 Å². The molecule has 170 valence electrons. The van der Waals surface area contributed by atoms with E-state index in [4.69, 9.17) is 9.47 Å². The average Bonchev–Trinajstić information content (AvgIpc) is 2.86. The number of carbonyl (C=O) groups is 2. The fourth-order valence-electron chi connectivity index (χ4n) is 3.95. The average molecular weight is 445 g/mol. The molecule has 3 aromatic rings. The molecule has 4 rings (SSSR count). The van der Waals surface area contributed by atoms with Gasteiger partial charge in [-0.15, -0.1) is 0 Å². The first-order valence-electron chi connectivity index (χ1n) is 11.1. The monoisotopic (exact) mass is 444 g/mol. The number of methoxy groups -OCH3 is 1. The summed E-state index contributed by atoms with van der Waals surface area (Å²) in [6, 6.07) is 24.8. The Bertz CT molecular complexity index is 1070. The van der Waals surface area contributed by atoms with Crippen LogP contribution in [0, 0.1) is 0 Å². The highest BCUT2D eigenvalue weighted by Gasteiger charge is 2.33. The van der Waals surface area contributed by atoms with E-state index in [9.17, 15) is 9.59 Å². The van der Waals surface area contributed by atoms with Crippen molar-refractivity contribution >= 4 is 11.8 Å². The molecule has 0 aliphatic carbocycles. The Morgan fingerprint density at radius 1 is 0.939 bits per heavy atom. The van der Waals surface area contributed by atoms with Crippen LogP contribution in [-0.2, 0) is 16.0 Å². The van der Waals surface area contributed by atoms with Gasteiger partial charge < -0.3 is 19.7 Å². The van der Waals surface area contributed by atoms with Gasteiger partial charge in [-0.1, -0.05) is 54.6 Å². The van der Waals surface area contributed by atoms with E-state index < -0.39 is 6.04 Å². The van der Waals surface area contributed by atoms with Gasteiger partial charge in [0.15, 0.2) is 0 Å². The SMILES string of the molecule is COCCOc1ccc(C(=O)N2CCNC(=O)[C@H]2Cc2ccc(-c3ccccc3)cc2)cc1. The third-order valence-electron chi connectivity index (χ3n) is 5.74. The van der Waals surface area contributed by atoms with Crippen molar-refractivity contribution in [2.75, 3.05) is 33.4 Å². The summed E-state index contributed by atoms with van der Waals surface area (Å²) in [6.45, 7) is 1.87. The molecular weight excluding hydrogens is 416 g/mol. The maximum absolute atomic E-state index is 13.2. The number of piperazine rings is 1. The molecule has 2 amide bonds. The molecule has 0 radical (unpaired) electrons. The summed E-state index contributed by atoms with van der Waals surface area (Å²) >= 11 is 0. The summed E-state index contributed by atoms with van der Waals surface area (Å²) in [4.78, 5) is 27.6. The molecular formula is C27H28N2O4. The van der Waals surface area contributed by atoms with Gasteiger partial charge in [-0.3, -0.25) is 9.59 Å². The summed E-state index contributed by atoms with van der Waals surface area (Å²) in [5.74, 6) is 0.399. The van der Waals surface area contributed by atoms with Crippen molar-refractivity contribution in [2.24, 2.45) is 0 Å². The van der Waals surface area contributed by atoms with Crippen molar-refractivity contribution in [1.82, 2.24) is 10.2 Å². The summed E-state index contributed by atoms with van der Waals surface area (Å²) in [6.07, 6.45) is 0.463. The van der Waals surface area contributed by atoms with Crippen LogP contribution in [0.4, 0.5) is 0 Å². The fraction of sp³-hybridized carbons (Fsp3) is 0.259. The summed E-state index contributed by atoms with van der Waals surface area (Å²) in [7, 11) is 1.62. The van der Waals surface area contributed by atoms with Crippen LogP contribution < -0.4 is 10.1 Å². The van der Waals surface area contributed by atoms with Crippen molar-refractivity contribution in [3.05, 3.63) is 90.0 Å². The van der Waals surface area contributed by atoms with Gasteiger partial charge in [0.05, 0.1) is 6.61 Å². The second-order valence-corrected chi connectivity index (χ2v) is 7.94. The summed E-state index contributed by atoms with van der Waals surface area (Å²) < 4.78 is 10.6. The third-order valence-corrected chi connectivity index (χ3v) is 5.74. The predicted molar refractivity (Wildman–Crippen MR) is 127 cm³/mol. The van der Waals surface area contributed by atoms with Crippen molar-refractivity contribution in [3.63, 3.8) is 0 Å². The number of benzene rings is 3. The van der Waals surface area contributed by atoms with E-state index in [1.165, 1.54) is 0 Å². The number of rotatable bonds is 8. The lowest BCUT2D eigenvalue weighted by atomic mass is 9.98. The summed E-state index contributed by atoms with van der Waals surface area (Å²) in [5, 5.41) is 2.90. The Labute approximate surface area is 194 Å². The molecule has 1 aliphatic rings. The second-order valence-electron chi connectivity index (χ2n) is 7.94. The topological polar surface area (TPSA) is 67.9 Å². The number of nitrogens with zero attached hydrogens (tertiary/aromatic N) is 1. The molecule has 0 saturated carbocycles. The Morgan fingerprint density at radius 2 is 1.64 bits per heavy atom. The Hall–Kier alpha value is -3.64. The molecule has 1 aliphatic heterocycles. The standard InChI is InChI=1S/C27H28N2O4/c1-32-17-18-33-24-13-11-23(12-14-24)27(31)29-16-15-28-26(30)25(29)19-20-7-9-22(10-8-20)21-5-3-2-4-6-21/h2-14,25H,15-19H2,1H3,(H,28,30)/t25-/m1/s1. The van der Waals surface area contributed by atoms with Gasteiger partial charge in [0, 0.05) is 32.2 Å². The minimum atomic E-state index is -0.550. The zero-order chi connectivity index (χ0) is 23.0. The highest BCUT2D eigenvalue weighted by Crippen LogP contribution is 2.22. The van der Waals surface area contributed by atoms with E-state index in [-0.39, 0.29) is 11.8 Å². The van der Waals surface area contributed by atoms with Crippen LogP contribution in [0.1, 0.15) is 15.9 Å². The number of nitrogens with one attached hydrogen (secondary N) is 1. The molecule has 0 unspecified atom stereocenters. The molecule has 0 spiro atoms. The van der Waals surface area contributed by atoms with Crippen LogP contribution in [0.3, 0.4) is 0 Å². The van der Waals surface area contributed by atoms with Gasteiger partial charge >= 0.3 is 0 Å². The number of hydrogen-bond acceptors (Lipinski definition) is 4. The normalized spacial score (nSPS) is 15.7. The van der Waals surface area contributed by atoms with Crippen molar-refractivity contribution < 1.29 is 19.1 Å².